The Morgan fingerprint density at radius 2 is 0.656 bits per heavy atom. The molecule has 0 aliphatic carbocycles. The molecule has 0 aliphatic heterocycles. The number of unbranched alkanes of at least 4 members (excludes halogenated alkanes) is 16. The lowest BCUT2D eigenvalue weighted by molar-refractivity contribution is -0.167. The third-order valence-corrected chi connectivity index (χ3v) is 10.1. The van der Waals surface area contributed by atoms with Crippen molar-refractivity contribution in [3.05, 3.63) is 97.2 Å². The Balaban J connectivity index is 4.49. The van der Waals surface area contributed by atoms with Gasteiger partial charge in [0.05, 0.1) is 0 Å². The average Bonchev–Trinajstić information content (AvgIpc) is 3.26. The fourth-order valence-electron chi connectivity index (χ4n) is 6.43. The van der Waals surface area contributed by atoms with Crippen LogP contribution in [0.3, 0.4) is 0 Å². The first-order chi connectivity index (χ1) is 30.0. The molecule has 0 aromatic heterocycles. The molecule has 0 aromatic carbocycles. The van der Waals surface area contributed by atoms with Crippen LogP contribution in [0.15, 0.2) is 97.2 Å². The van der Waals surface area contributed by atoms with Gasteiger partial charge < -0.3 is 14.2 Å². The largest absolute Gasteiger partial charge is 0.462 e. The Morgan fingerprint density at radius 3 is 1.07 bits per heavy atom. The monoisotopic (exact) mass is 847 g/mol. The Hall–Kier alpha value is -3.67. The van der Waals surface area contributed by atoms with Crippen LogP contribution in [0.2, 0.25) is 0 Å². The summed E-state index contributed by atoms with van der Waals surface area (Å²) in [4.78, 5) is 37.9. The SMILES string of the molecule is CC/C=C\C/C=C\C/C=C\C/C=C\C/C=C\CCCC(=O)OC[C@H](COC(=O)CCCCCCC/C=C\C/C=C\C/C=C\CC)OC(=O)CCCCCCCCCCCCC. The molecule has 6 heteroatoms. The number of ether oxygens (including phenoxy) is 3. The maximum atomic E-state index is 12.7. The van der Waals surface area contributed by atoms with Crippen LogP contribution < -0.4 is 0 Å². The highest BCUT2D eigenvalue weighted by Gasteiger charge is 2.19. The van der Waals surface area contributed by atoms with E-state index in [0.717, 1.165) is 116 Å². The van der Waals surface area contributed by atoms with E-state index in [4.69, 9.17) is 14.2 Å². The van der Waals surface area contributed by atoms with Crippen molar-refractivity contribution in [2.45, 2.75) is 219 Å². The molecule has 0 aliphatic rings. The van der Waals surface area contributed by atoms with Gasteiger partial charge in [0.15, 0.2) is 6.10 Å². The summed E-state index contributed by atoms with van der Waals surface area (Å²) in [7, 11) is 0. The molecule has 0 amide bonds. The lowest BCUT2D eigenvalue weighted by atomic mass is 10.1. The first kappa shape index (κ1) is 57.3. The molecule has 0 rings (SSSR count). The van der Waals surface area contributed by atoms with Crippen molar-refractivity contribution in [1.82, 2.24) is 0 Å². The average molecular weight is 847 g/mol. The molecule has 0 saturated carbocycles. The van der Waals surface area contributed by atoms with Crippen LogP contribution in [-0.2, 0) is 28.6 Å². The summed E-state index contributed by atoms with van der Waals surface area (Å²) < 4.78 is 16.7. The van der Waals surface area contributed by atoms with Gasteiger partial charge in [-0.1, -0.05) is 201 Å². The minimum atomic E-state index is -0.805. The highest BCUT2D eigenvalue weighted by atomic mass is 16.6. The van der Waals surface area contributed by atoms with Crippen LogP contribution >= 0.6 is 0 Å². The van der Waals surface area contributed by atoms with E-state index in [9.17, 15) is 14.4 Å². The van der Waals surface area contributed by atoms with Crippen LogP contribution in [0.4, 0.5) is 0 Å². The molecule has 0 radical (unpaired) electrons. The van der Waals surface area contributed by atoms with Crippen molar-refractivity contribution in [3.63, 3.8) is 0 Å². The smallest absolute Gasteiger partial charge is 0.306 e. The number of esters is 3. The number of hydrogen-bond acceptors (Lipinski definition) is 6. The van der Waals surface area contributed by atoms with Gasteiger partial charge in [0.2, 0.25) is 0 Å². The maximum Gasteiger partial charge on any atom is 0.306 e. The van der Waals surface area contributed by atoms with Crippen molar-refractivity contribution in [2.75, 3.05) is 13.2 Å². The highest BCUT2D eigenvalue weighted by Crippen LogP contribution is 2.14. The number of hydrogen-bond donors (Lipinski definition) is 0. The minimum absolute atomic E-state index is 0.104. The first-order valence-corrected chi connectivity index (χ1v) is 24.7. The zero-order valence-electron chi connectivity index (χ0n) is 39.4. The standard InChI is InChI=1S/C55H90O6/c1-4-7-10-13-16-19-22-24-26-27-29-31-34-36-39-42-45-48-54(57)60-51-52(61-55(58)49-46-43-40-37-32-21-18-15-12-9-6-3)50-59-53(56)47-44-41-38-35-33-30-28-25-23-20-17-14-11-8-5-2/h7-8,10-11,16-17,19-20,24-26,28-29,31,36,39,52H,4-6,9,12-15,18,21-23,27,30,32-35,37-38,40-51H2,1-3H3/b10-7-,11-8-,19-16-,20-17-,26-24-,28-25-,31-29-,39-36-/t52-/m0/s1. The van der Waals surface area contributed by atoms with E-state index in [1.165, 1.54) is 51.4 Å². The predicted octanol–water partition coefficient (Wildman–Crippen LogP) is 16.2. The Bertz CT molecular complexity index is 1250. The molecule has 61 heavy (non-hydrogen) atoms. The molecule has 0 unspecified atom stereocenters. The topological polar surface area (TPSA) is 78.9 Å². The molecular weight excluding hydrogens is 757 g/mol. The lowest BCUT2D eigenvalue weighted by Gasteiger charge is -2.18. The predicted molar refractivity (Wildman–Crippen MR) is 260 cm³/mol. The zero-order valence-corrected chi connectivity index (χ0v) is 39.4. The molecule has 6 nitrogen and oxygen atoms in total. The van der Waals surface area contributed by atoms with E-state index in [1.807, 2.05) is 0 Å². The summed E-state index contributed by atoms with van der Waals surface area (Å²) in [6, 6.07) is 0. The highest BCUT2D eigenvalue weighted by molar-refractivity contribution is 5.71. The second-order valence-corrected chi connectivity index (χ2v) is 16.0. The van der Waals surface area contributed by atoms with E-state index in [-0.39, 0.29) is 37.5 Å². The van der Waals surface area contributed by atoms with Crippen LogP contribution in [0, 0.1) is 0 Å². The zero-order chi connectivity index (χ0) is 44.4. The molecule has 0 fully saturated rings. The summed E-state index contributed by atoms with van der Waals surface area (Å²) in [6.07, 6.45) is 63.9. The van der Waals surface area contributed by atoms with Crippen molar-refractivity contribution in [3.8, 4) is 0 Å². The summed E-state index contributed by atoms with van der Waals surface area (Å²) in [5, 5.41) is 0. The molecule has 0 N–H and O–H groups in total. The van der Waals surface area contributed by atoms with Crippen LogP contribution in [0.25, 0.3) is 0 Å². The van der Waals surface area contributed by atoms with Crippen LogP contribution in [-0.4, -0.2) is 37.2 Å². The minimum Gasteiger partial charge on any atom is -0.462 e. The second kappa shape index (κ2) is 49.0. The van der Waals surface area contributed by atoms with Gasteiger partial charge in [0.25, 0.3) is 0 Å². The summed E-state index contributed by atoms with van der Waals surface area (Å²) in [5.41, 5.74) is 0. The molecule has 1 atom stereocenters. The van der Waals surface area contributed by atoms with Crippen molar-refractivity contribution < 1.29 is 28.6 Å². The molecular formula is C55H90O6. The lowest BCUT2D eigenvalue weighted by Crippen LogP contribution is -2.30. The summed E-state index contributed by atoms with van der Waals surface area (Å²) in [6.45, 7) is 6.33. The van der Waals surface area contributed by atoms with Crippen LogP contribution in [0.1, 0.15) is 213 Å². The fourth-order valence-corrected chi connectivity index (χ4v) is 6.43. The molecule has 0 spiro atoms. The van der Waals surface area contributed by atoms with Crippen LogP contribution in [0.5, 0.6) is 0 Å². The Labute approximate surface area is 375 Å². The Kier molecular flexibility index (Phi) is 46.0. The van der Waals surface area contributed by atoms with E-state index >= 15 is 0 Å². The number of allylic oxidation sites excluding steroid dienone is 16. The van der Waals surface area contributed by atoms with Crippen molar-refractivity contribution >= 4 is 17.9 Å². The summed E-state index contributed by atoms with van der Waals surface area (Å²) >= 11 is 0. The van der Waals surface area contributed by atoms with E-state index in [2.05, 4.69) is 118 Å². The van der Waals surface area contributed by atoms with E-state index in [1.54, 1.807) is 0 Å². The quantitative estimate of drug-likeness (QED) is 0.0263. The van der Waals surface area contributed by atoms with Gasteiger partial charge in [-0.15, -0.1) is 0 Å². The molecule has 0 heterocycles. The van der Waals surface area contributed by atoms with Gasteiger partial charge in [0.1, 0.15) is 13.2 Å². The van der Waals surface area contributed by atoms with Gasteiger partial charge in [-0.3, -0.25) is 14.4 Å². The second-order valence-electron chi connectivity index (χ2n) is 16.0. The molecule has 0 bridgehead atoms. The van der Waals surface area contributed by atoms with Gasteiger partial charge in [0, 0.05) is 19.3 Å². The maximum absolute atomic E-state index is 12.7. The molecule has 346 valence electrons. The molecule has 0 saturated heterocycles. The van der Waals surface area contributed by atoms with Gasteiger partial charge in [-0.2, -0.15) is 0 Å². The third kappa shape index (κ3) is 47.2. The molecule has 0 aromatic rings. The van der Waals surface area contributed by atoms with Gasteiger partial charge in [-0.25, -0.2) is 0 Å². The number of carbonyl (C=O) groups excluding carboxylic acids is 3. The normalized spacial score (nSPS) is 12.9. The van der Waals surface area contributed by atoms with Crippen molar-refractivity contribution in [2.24, 2.45) is 0 Å². The van der Waals surface area contributed by atoms with E-state index in [0.29, 0.717) is 19.3 Å². The first-order valence-electron chi connectivity index (χ1n) is 24.7. The van der Waals surface area contributed by atoms with Gasteiger partial charge >= 0.3 is 17.9 Å². The van der Waals surface area contributed by atoms with Gasteiger partial charge in [-0.05, 0) is 89.9 Å². The van der Waals surface area contributed by atoms with Crippen molar-refractivity contribution in [1.29, 1.82) is 0 Å². The third-order valence-electron chi connectivity index (χ3n) is 10.1. The Morgan fingerprint density at radius 1 is 0.344 bits per heavy atom. The van der Waals surface area contributed by atoms with E-state index < -0.39 is 6.10 Å². The number of rotatable bonds is 43. The fraction of sp³-hybridized carbons (Fsp3) is 0.655. The number of carbonyl (C=O) groups is 3. The summed E-state index contributed by atoms with van der Waals surface area (Å²) in [5.74, 6) is -0.985.